The van der Waals surface area contributed by atoms with E-state index in [9.17, 15) is 0 Å². The van der Waals surface area contributed by atoms with Crippen LogP contribution >= 0.6 is 11.3 Å². The molecule has 3 aromatic rings. The Balaban J connectivity index is 2.15. The van der Waals surface area contributed by atoms with E-state index in [2.05, 4.69) is 40.5 Å². The summed E-state index contributed by atoms with van der Waals surface area (Å²) in [5.41, 5.74) is 4.54. The number of nitrogens with one attached hydrogen (secondary N) is 1. The number of fused-ring (bicyclic) bond motifs is 1. The number of para-hydroxylation sites is 1. The summed E-state index contributed by atoms with van der Waals surface area (Å²) in [6, 6.07) is 8.32. The van der Waals surface area contributed by atoms with Crippen LogP contribution in [0.25, 0.3) is 22.2 Å². The molecule has 0 spiro atoms. The van der Waals surface area contributed by atoms with Crippen LogP contribution in [-0.4, -0.2) is 17.1 Å². The molecule has 0 unspecified atom stereocenters. The predicted molar refractivity (Wildman–Crippen MR) is 74.9 cm³/mol. The highest BCUT2D eigenvalue weighted by molar-refractivity contribution is 7.09. The zero-order valence-corrected chi connectivity index (χ0v) is 11.2. The van der Waals surface area contributed by atoms with Gasteiger partial charge in [-0.05, 0) is 13.0 Å². The minimum absolute atomic E-state index is 0.575. The van der Waals surface area contributed by atoms with E-state index in [0.29, 0.717) is 6.61 Å². The van der Waals surface area contributed by atoms with Crippen molar-refractivity contribution < 1.29 is 4.74 Å². The fraction of sp³-hybridized carbons (Fsp3) is 0.214. The Kier molecular flexibility index (Phi) is 2.89. The fourth-order valence-corrected chi connectivity index (χ4v) is 2.98. The molecule has 0 amide bonds. The summed E-state index contributed by atoms with van der Waals surface area (Å²) in [5, 5.41) is 4.33. The van der Waals surface area contributed by atoms with Gasteiger partial charge in [0.05, 0.1) is 12.3 Å². The molecule has 0 aliphatic carbocycles. The molecule has 0 aliphatic rings. The van der Waals surface area contributed by atoms with Gasteiger partial charge in [-0.3, -0.25) is 0 Å². The first-order valence-electron chi connectivity index (χ1n) is 5.80. The molecule has 0 saturated carbocycles. The van der Waals surface area contributed by atoms with Crippen molar-refractivity contribution in [1.29, 1.82) is 0 Å². The smallest absolute Gasteiger partial charge is 0.119 e. The number of thiazole rings is 1. The maximum atomic E-state index is 5.12. The third-order valence-electron chi connectivity index (χ3n) is 2.97. The number of rotatable bonds is 3. The zero-order chi connectivity index (χ0) is 12.5. The molecule has 0 aliphatic heterocycles. The Morgan fingerprint density at radius 2 is 2.17 bits per heavy atom. The largest absolute Gasteiger partial charge is 0.378 e. The van der Waals surface area contributed by atoms with Gasteiger partial charge in [0.2, 0.25) is 0 Å². The standard InChI is InChI=1S/C14H14N2OS/c1-9-14(10-5-3-4-6-11(10)15-9)12-8-18-13(16-12)7-17-2/h3-6,8,15H,7H2,1-2H3. The molecule has 2 aromatic heterocycles. The molecule has 0 saturated heterocycles. The quantitative estimate of drug-likeness (QED) is 0.777. The van der Waals surface area contributed by atoms with E-state index in [4.69, 9.17) is 4.74 Å². The number of H-pyrrole nitrogens is 1. The number of ether oxygens (including phenoxy) is 1. The molecule has 0 radical (unpaired) electrons. The van der Waals surface area contributed by atoms with Gasteiger partial charge < -0.3 is 9.72 Å². The van der Waals surface area contributed by atoms with E-state index in [1.165, 1.54) is 10.9 Å². The highest BCUT2D eigenvalue weighted by atomic mass is 32.1. The van der Waals surface area contributed by atoms with Crippen molar-refractivity contribution >= 4 is 22.2 Å². The van der Waals surface area contributed by atoms with Crippen LogP contribution in [-0.2, 0) is 11.3 Å². The lowest BCUT2D eigenvalue weighted by Gasteiger charge is -1.96. The van der Waals surface area contributed by atoms with Crippen LogP contribution < -0.4 is 0 Å². The first-order valence-corrected chi connectivity index (χ1v) is 6.68. The molecule has 92 valence electrons. The third kappa shape index (κ3) is 1.83. The summed E-state index contributed by atoms with van der Waals surface area (Å²) in [4.78, 5) is 8.03. The van der Waals surface area contributed by atoms with Crippen LogP contribution in [0.5, 0.6) is 0 Å². The van der Waals surface area contributed by atoms with Crippen LogP contribution in [0.3, 0.4) is 0 Å². The topological polar surface area (TPSA) is 37.9 Å². The maximum absolute atomic E-state index is 5.12. The van der Waals surface area contributed by atoms with E-state index < -0.39 is 0 Å². The van der Waals surface area contributed by atoms with Crippen molar-refractivity contribution in [2.75, 3.05) is 7.11 Å². The number of hydrogen-bond acceptors (Lipinski definition) is 3. The normalized spacial score (nSPS) is 11.2. The summed E-state index contributed by atoms with van der Waals surface area (Å²) in [5.74, 6) is 0. The molecule has 0 bridgehead atoms. The third-order valence-corrected chi connectivity index (χ3v) is 3.79. The van der Waals surface area contributed by atoms with E-state index in [1.807, 2.05) is 6.07 Å². The van der Waals surface area contributed by atoms with Crippen molar-refractivity contribution in [1.82, 2.24) is 9.97 Å². The molecular weight excluding hydrogens is 244 g/mol. The molecule has 1 aromatic carbocycles. The minimum Gasteiger partial charge on any atom is -0.378 e. The van der Waals surface area contributed by atoms with Crippen LogP contribution in [0.15, 0.2) is 29.6 Å². The lowest BCUT2D eigenvalue weighted by molar-refractivity contribution is 0.184. The van der Waals surface area contributed by atoms with E-state index >= 15 is 0 Å². The molecule has 3 nitrogen and oxygen atoms in total. The van der Waals surface area contributed by atoms with Gasteiger partial charge in [0.15, 0.2) is 0 Å². The van der Waals surface area contributed by atoms with Crippen LogP contribution in [0, 0.1) is 6.92 Å². The molecule has 1 N–H and O–H groups in total. The molecule has 18 heavy (non-hydrogen) atoms. The number of hydrogen-bond donors (Lipinski definition) is 1. The summed E-state index contributed by atoms with van der Waals surface area (Å²) >= 11 is 1.64. The van der Waals surface area contributed by atoms with Gasteiger partial charge in [0, 0.05) is 34.7 Å². The second kappa shape index (κ2) is 4.55. The van der Waals surface area contributed by atoms with E-state index in [0.717, 1.165) is 21.9 Å². The number of methoxy groups -OCH3 is 1. The van der Waals surface area contributed by atoms with Crippen molar-refractivity contribution in [3.05, 3.63) is 40.3 Å². The van der Waals surface area contributed by atoms with Crippen LogP contribution in [0.2, 0.25) is 0 Å². The van der Waals surface area contributed by atoms with E-state index in [-0.39, 0.29) is 0 Å². The van der Waals surface area contributed by atoms with Gasteiger partial charge in [0.25, 0.3) is 0 Å². The number of nitrogens with zero attached hydrogens (tertiary/aromatic N) is 1. The highest BCUT2D eigenvalue weighted by Crippen LogP contribution is 2.32. The predicted octanol–water partition coefficient (Wildman–Crippen LogP) is 3.75. The van der Waals surface area contributed by atoms with Gasteiger partial charge in [-0.25, -0.2) is 4.98 Å². The molecule has 0 fully saturated rings. The second-order valence-electron chi connectivity index (χ2n) is 4.23. The Bertz CT molecular complexity index is 684. The SMILES string of the molecule is COCc1nc(-c2c(C)[nH]c3ccccc23)cs1. The molecule has 2 heterocycles. The Morgan fingerprint density at radius 1 is 1.33 bits per heavy atom. The zero-order valence-electron chi connectivity index (χ0n) is 10.4. The van der Waals surface area contributed by atoms with Crippen molar-refractivity contribution in [2.45, 2.75) is 13.5 Å². The Morgan fingerprint density at radius 3 is 3.00 bits per heavy atom. The van der Waals surface area contributed by atoms with Gasteiger partial charge in [-0.2, -0.15) is 0 Å². The summed E-state index contributed by atoms with van der Waals surface area (Å²) in [6.07, 6.45) is 0. The molecule has 4 heteroatoms. The molecule has 0 atom stereocenters. The Hall–Kier alpha value is -1.65. The van der Waals surface area contributed by atoms with Crippen molar-refractivity contribution in [3.8, 4) is 11.3 Å². The van der Waals surface area contributed by atoms with Crippen molar-refractivity contribution in [2.24, 2.45) is 0 Å². The van der Waals surface area contributed by atoms with Gasteiger partial charge in [0.1, 0.15) is 5.01 Å². The van der Waals surface area contributed by atoms with Gasteiger partial charge >= 0.3 is 0 Å². The highest BCUT2D eigenvalue weighted by Gasteiger charge is 2.13. The fourth-order valence-electron chi connectivity index (χ4n) is 2.22. The molecule has 3 rings (SSSR count). The van der Waals surface area contributed by atoms with Gasteiger partial charge in [-0.1, -0.05) is 18.2 Å². The van der Waals surface area contributed by atoms with E-state index in [1.54, 1.807) is 18.4 Å². The van der Waals surface area contributed by atoms with Crippen LogP contribution in [0.1, 0.15) is 10.7 Å². The number of aromatic nitrogens is 2. The monoisotopic (exact) mass is 258 g/mol. The lowest BCUT2D eigenvalue weighted by Crippen LogP contribution is -1.86. The van der Waals surface area contributed by atoms with Crippen molar-refractivity contribution in [3.63, 3.8) is 0 Å². The first kappa shape index (κ1) is 11.4. The first-order chi connectivity index (χ1) is 8.79. The van der Waals surface area contributed by atoms with Gasteiger partial charge in [-0.15, -0.1) is 11.3 Å². The average Bonchev–Trinajstić information content (AvgIpc) is 2.92. The number of aryl methyl sites for hydroxylation is 1. The number of aromatic amines is 1. The Labute approximate surface area is 109 Å². The summed E-state index contributed by atoms with van der Waals surface area (Å²) < 4.78 is 5.12. The second-order valence-corrected chi connectivity index (χ2v) is 5.17. The minimum atomic E-state index is 0.575. The molecular formula is C14H14N2OS. The lowest BCUT2D eigenvalue weighted by atomic mass is 10.1. The average molecular weight is 258 g/mol. The summed E-state index contributed by atoms with van der Waals surface area (Å²) in [7, 11) is 1.69. The van der Waals surface area contributed by atoms with Crippen LogP contribution in [0.4, 0.5) is 0 Å². The maximum Gasteiger partial charge on any atom is 0.119 e. The summed E-state index contributed by atoms with van der Waals surface area (Å²) in [6.45, 7) is 2.66. The number of benzene rings is 1.